The highest BCUT2D eigenvalue weighted by Gasteiger charge is 2.26. The molecule has 188 valence electrons. The fraction of sp³-hybridized carbons (Fsp3) is 0.222. The number of aryl methyl sites for hydroxylation is 1. The number of nitrogens with one attached hydrogen (secondary N) is 2. The normalized spacial score (nSPS) is 14.9. The largest absolute Gasteiger partial charge is 0.356 e. The number of hydrogen-bond acceptors (Lipinski definition) is 6. The molecule has 5 aromatic rings. The number of hydrogen-bond donors (Lipinski definition) is 3. The molecule has 0 spiro atoms. The zero-order valence-corrected chi connectivity index (χ0v) is 21.2. The number of nitrogens with zero attached hydrogens (tertiary/aromatic N) is 4. The lowest BCUT2D eigenvalue weighted by atomic mass is 9.96. The first-order valence-corrected chi connectivity index (χ1v) is 13.8. The molecule has 9 nitrogen and oxygen atoms in total. The highest BCUT2D eigenvalue weighted by atomic mass is 32.2. The van der Waals surface area contributed by atoms with E-state index in [0.717, 1.165) is 71.2 Å². The molecule has 0 amide bonds. The predicted octanol–water partition coefficient (Wildman–Crippen LogP) is 4.35. The first-order chi connectivity index (χ1) is 17.9. The second-order valence-corrected chi connectivity index (χ2v) is 11.0. The highest BCUT2D eigenvalue weighted by molar-refractivity contribution is 7.89. The summed E-state index contributed by atoms with van der Waals surface area (Å²) >= 11 is 0. The first kappa shape index (κ1) is 23.4. The Balaban J connectivity index is 1.23. The Bertz CT molecular complexity index is 1680. The molecule has 1 aliphatic rings. The summed E-state index contributed by atoms with van der Waals surface area (Å²) < 4.78 is 23.6. The summed E-state index contributed by atoms with van der Waals surface area (Å²) in [6.07, 6.45) is 3.48. The molecule has 0 bridgehead atoms. The van der Waals surface area contributed by atoms with Crippen LogP contribution in [-0.4, -0.2) is 46.4 Å². The molecule has 4 N–H and O–H groups in total. The molecule has 6 rings (SSSR count). The molecule has 3 aromatic heterocycles. The van der Waals surface area contributed by atoms with Gasteiger partial charge in [-0.15, -0.1) is 0 Å². The number of nitrogens with two attached hydrogens (primary N) is 1. The summed E-state index contributed by atoms with van der Waals surface area (Å²) in [6.45, 7) is 3.77. The molecule has 1 saturated heterocycles. The molecule has 0 radical (unpaired) electrons. The number of sulfonamides is 1. The van der Waals surface area contributed by atoms with Crippen LogP contribution >= 0.6 is 0 Å². The number of aromatic nitrogens is 5. The maximum absolute atomic E-state index is 11.8. The molecular weight excluding hydrogens is 486 g/mol. The number of anilines is 1. The van der Waals surface area contributed by atoms with Crippen LogP contribution in [-0.2, 0) is 10.0 Å². The number of rotatable bonds is 5. The lowest BCUT2D eigenvalue weighted by Crippen LogP contribution is -2.33. The van der Waals surface area contributed by atoms with Crippen LogP contribution in [0.15, 0.2) is 71.9 Å². The lowest BCUT2D eigenvalue weighted by Gasteiger charge is -2.32. The SMILES string of the molecule is Cc1[nH]c(C2CCN(c3ncnc4[nH]c(-c5cccc(S(N)(=O)=O)c5)cc34)CC2)nc1-c1ccccc1. The summed E-state index contributed by atoms with van der Waals surface area (Å²) in [4.78, 5) is 23.1. The van der Waals surface area contributed by atoms with Gasteiger partial charge in [0, 0.05) is 36.0 Å². The molecule has 0 aliphatic carbocycles. The van der Waals surface area contributed by atoms with Crippen LogP contribution in [0, 0.1) is 6.92 Å². The van der Waals surface area contributed by atoms with Crippen molar-refractivity contribution >= 4 is 26.9 Å². The van der Waals surface area contributed by atoms with Crippen molar-refractivity contribution in [1.29, 1.82) is 0 Å². The molecular formula is C27H27N7O2S. The minimum Gasteiger partial charge on any atom is -0.356 e. The monoisotopic (exact) mass is 513 g/mol. The first-order valence-electron chi connectivity index (χ1n) is 12.2. The summed E-state index contributed by atoms with van der Waals surface area (Å²) in [5.74, 6) is 2.27. The molecule has 1 fully saturated rings. The fourth-order valence-corrected chi connectivity index (χ4v) is 5.65. The Morgan fingerprint density at radius 3 is 2.46 bits per heavy atom. The van der Waals surface area contributed by atoms with Crippen molar-refractivity contribution in [3.63, 3.8) is 0 Å². The minimum absolute atomic E-state index is 0.0700. The summed E-state index contributed by atoms with van der Waals surface area (Å²) in [5.41, 5.74) is 5.42. The van der Waals surface area contributed by atoms with Gasteiger partial charge in [-0.1, -0.05) is 42.5 Å². The Morgan fingerprint density at radius 2 is 1.70 bits per heavy atom. The van der Waals surface area contributed by atoms with E-state index in [1.54, 1.807) is 18.5 Å². The smallest absolute Gasteiger partial charge is 0.238 e. The molecule has 37 heavy (non-hydrogen) atoms. The maximum atomic E-state index is 11.8. The third-order valence-electron chi connectivity index (χ3n) is 7.01. The van der Waals surface area contributed by atoms with Gasteiger partial charge in [-0.05, 0) is 43.5 Å². The average molecular weight is 514 g/mol. The number of H-pyrrole nitrogens is 2. The van der Waals surface area contributed by atoms with Gasteiger partial charge in [0.25, 0.3) is 0 Å². The quantitative estimate of drug-likeness (QED) is 0.320. The van der Waals surface area contributed by atoms with Crippen LogP contribution in [0.4, 0.5) is 5.82 Å². The van der Waals surface area contributed by atoms with E-state index in [1.807, 2.05) is 30.3 Å². The number of primary sulfonamides is 1. The van der Waals surface area contributed by atoms with Gasteiger partial charge < -0.3 is 14.9 Å². The van der Waals surface area contributed by atoms with Crippen LogP contribution in [0.2, 0.25) is 0 Å². The van der Waals surface area contributed by atoms with Crippen molar-refractivity contribution in [1.82, 2.24) is 24.9 Å². The Labute approximate surface area is 214 Å². The zero-order valence-electron chi connectivity index (χ0n) is 20.3. The average Bonchev–Trinajstić information content (AvgIpc) is 3.53. The fourth-order valence-electron chi connectivity index (χ4n) is 5.09. The van der Waals surface area contributed by atoms with Crippen LogP contribution in [0.3, 0.4) is 0 Å². The summed E-state index contributed by atoms with van der Waals surface area (Å²) in [6, 6.07) is 18.8. The van der Waals surface area contributed by atoms with Crippen molar-refractivity contribution < 1.29 is 8.42 Å². The molecule has 0 atom stereocenters. The summed E-state index contributed by atoms with van der Waals surface area (Å²) in [5, 5.41) is 6.22. The van der Waals surface area contributed by atoms with Crippen molar-refractivity contribution in [2.24, 2.45) is 5.14 Å². The van der Waals surface area contributed by atoms with Crippen LogP contribution in [0.1, 0.15) is 30.3 Å². The molecule has 0 unspecified atom stereocenters. The van der Waals surface area contributed by atoms with E-state index in [9.17, 15) is 8.42 Å². The van der Waals surface area contributed by atoms with Crippen LogP contribution in [0.5, 0.6) is 0 Å². The van der Waals surface area contributed by atoms with Gasteiger partial charge in [-0.3, -0.25) is 0 Å². The number of benzene rings is 2. The molecule has 10 heteroatoms. The van der Waals surface area contributed by atoms with Crippen molar-refractivity contribution in [2.75, 3.05) is 18.0 Å². The van der Waals surface area contributed by atoms with Gasteiger partial charge in [0.05, 0.1) is 16.0 Å². The van der Waals surface area contributed by atoms with E-state index < -0.39 is 10.0 Å². The third kappa shape index (κ3) is 4.49. The van der Waals surface area contributed by atoms with E-state index in [0.29, 0.717) is 11.6 Å². The second-order valence-electron chi connectivity index (χ2n) is 9.44. The molecule has 4 heterocycles. The number of piperidine rings is 1. The van der Waals surface area contributed by atoms with Crippen molar-refractivity contribution in [3.8, 4) is 22.5 Å². The van der Waals surface area contributed by atoms with Crippen molar-refractivity contribution in [2.45, 2.75) is 30.6 Å². The van der Waals surface area contributed by atoms with E-state index in [4.69, 9.17) is 10.1 Å². The van der Waals surface area contributed by atoms with Gasteiger partial charge in [0.2, 0.25) is 10.0 Å². The third-order valence-corrected chi connectivity index (χ3v) is 7.92. The molecule has 2 aromatic carbocycles. The van der Waals surface area contributed by atoms with E-state index in [1.165, 1.54) is 6.07 Å². The number of fused-ring (bicyclic) bond motifs is 1. The Morgan fingerprint density at radius 1 is 0.946 bits per heavy atom. The van der Waals surface area contributed by atoms with E-state index >= 15 is 0 Å². The van der Waals surface area contributed by atoms with E-state index in [-0.39, 0.29) is 4.90 Å². The zero-order chi connectivity index (χ0) is 25.6. The highest BCUT2D eigenvalue weighted by Crippen LogP contribution is 2.34. The van der Waals surface area contributed by atoms with Gasteiger partial charge in [-0.2, -0.15) is 0 Å². The lowest BCUT2D eigenvalue weighted by molar-refractivity contribution is 0.487. The van der Waals surface area contributed by atoms with Gasteiger partial charge in [-0.25, -0.2) is 28.5 Å². The van der Waals surface area contributed by atoms with Gasteiger partial charge >= 0.3 is 0 Å². The molecule has 1 aliphatic heterocycles. The Kier molecular flexibility index (Phi) is 5.77. The molecule has 0 saturated carbocycles. The topological polar surface area (TPSA) is 134 Å². The second kappa shape index (κ2) is 9.13. The standard InChI is InChI=1S/C27H27N7O2S/c1-17-24(18-6-3-2-4-7-18)33-25(31-17)19-10-12-34(13-11-19)27-22-15-23(32-26(22)29-16-30-27)20-8-5-9-21(14-20)37(28,35)36/h2-9,14-16,19H,10-13H2,1H3,(H,31,33)(H2,28,35,36)(H,29,30,32). The van der Waals surface area contributed by atoms with E-state index in [2.05, 4.69) is 43.9 Å². The minimum atomic E-state index is -3.79. The Hall–Kier alpha value is -4.02. The number of imidazole rings is 1. The van der Waals surface area contributed by atoms with Gasteiger partial charge in [0.15, 0.2) is 0 Å². The van der Waals surface area contributed by atoms with Gasteiger partial charge in [0.1, 0.15) is 23.6 Å². The van der Waals surface area contributed by atoms with Crippen LogP contribution < -0.4 is 10.0 Å². The predicted molar refractivity (Wildman–Crippen MR) is 144 cm³/mol. The summed E-state index contributed by atoms with van der Waals surface area (Å²) in [7, 11) is -3.79. The maximum Gasteiger partial charge on any atom is 0.238 e. The number of aromatic amines is 2. The van der Waals surface area contributed by atoms with Crippen molar-refractivity contribution in [3.05, 3.63) is 78.5 Å². The van der Waals surface area contributed by atoms with Crippen LogP contribution in [0.25, 0.3) is 33.5 Å².